The summed E-state index contributed by atoms with van der Waals surface area (Å²) < 4.78 is 0. The van der Waals surface area contributed by atoms with Gasteiger partial charge in [-0.15, -0.1) is 0 Å². The molecular weight excluding hydrogens is 256 g/mol. The van der Waals surface area contributed by atoms with Crippen molar-refractivity contribution in [3.63, 3.8) is 0 Å². The molecule has 108 valence electrons. The topological polar surface area (TPSA) is 63.0 Å². The lowest BCUT2D eigenvalue weighted by Crippen LogP contribution is -1.70. The first-order valence-corrected chi connectivity index (χ1v) is 7.05. The molecule has 2 nitrogen and oxygen atoms in total. The zero-order valence-corrected chi connectivity index (χ0v) is 13.0. The smallest absolute Gasteiger partial charge is 0.0122 e. The quantitative estimate of drug-likeness (QED) is 0.812. The van der Waals surface area contributed by atoms with Crippen molar-refractivity contribution < 1.29 is 11.0 Å². The van der Waals surface area contributed by atoms with Crippen molar-refractivity contribution in [1.29, 1.82) is 0 Å². The van der Waals surface area contributed by atoms with E-state index in [0.717, 1.165) is 0 Å². The number of rotatable bonds is 2. The van der Waals surface area contributed by atoms with E-state index in [4.69, 9.17) is 0 Å². The molecule has 0 bridgehead atoms. The van der Waals surface area contributed by atoms with Gasteiger partial charge in [0.1, 0.15) is 0 Å². The first-order chi connectivity index (χ1) is 8.45. The maximum absolute atomic E-state index is 2.12. The fourth-order valence-corrected chi connectivity index (χ4v) is 1.97. The first kappa shape index (κ1) is 22.9. The SMILES string of the molecule is CC.CC.O.O.c1ccc(Sc2ccccc2)cc1. The van der Waals surface area contributed by atoms with Crippen LogP contribution in [0.3, 0.4) is 0 Å². The highest BCUT2D eigenvalue weighted by atomic mass is 32.2. The largest absolute Gasteiger partial charge is 0.412 e. The van der Waals surface area contributed by atoms with Gasteiger partial charge in [0, 0.05) is 9.79 Å². The van der Waals surface area contributed by atoms with Gasteiger partial charge in [0.15, 0.2) is 0 Å². The average Bonchev–Trinajstić information content (AvgIpc) is 2.45. The van der Waals surface area contributed by atoms with E-state index in [2.05, 4.69) is 48.5 Å². The second-order valence-electron chi connectivity index (χ2n) is 2.73. The van der Waals surface area contributed by atoms with Crippen LogP contribution in [0.2, 0.25) is 0 Å². The molecule has 0 unspecified atom stereocenters. The van der Waals surface area contributed by atoms with Gasteiger partial charge in [0.25, 0.3) is 0 Å². The van der Waals surface area contributed by atoms with Gasteiger partial charge in [-0.05, 0) is 24.3 Å². The Labute approximate surface area is 121 Å². The fourth-order valence-electron chi connectivity index (χ4n) is 1.11. The van der Waals surface area contributed by atoms with E-state index in [9.17, 15) is 0 Å². The van der Waals surface area contributed by atoms with Crippen molar-refractivity contribution in [3.05, 3.63) is 60.7 Å². The summed E-state index contributed by atoms with van der Waals surface area (Å²) in [5.74, 6) is 0. The summed E-state index contributed by atoms with van der Waals surface area (Å²) in [6, 6.07) is 20.8. The number of hydrogen-bond acceptors (Lipinski definition) is 1. The molecular formula is C16H26O2S. The van der Waals surface area contributed by atoms with Gasteiger partial charge < -0.3 is 11.0 Å². The molecule has 2 aromatic rings. The number of hydrogen-bond donors (Lipinski definition) is 0. The molecule has 0 saturated carbocycles. The Morgan fingerprint density at radius 3 is 1.05 bits per heavy atom. The van der Waals surface area contributed by atoms with Gasteiger partial charge in [-0.25, -0.2) is 0 Å². The average molecular weight is 282 g/mol. The Bertz CT molecular complexity index is 326. The molecule has 0 aliphatic heterocycles. The molecule has 0 fully saturated rings. The second kappa shape index (κ2) is 16.7. The van der Waals surface area contributed by atoms with Crippen LogP contribution in [0, 0.1) is 0 Å². The molecule has 0 heterocycles. The van der Waals surface area contributed by atoms with Crippen molar-refractivity contribution in [2.75, 3.05) is 0 Å². The van der Waals surface area contributed by atoms with Gasteiger partial charge in [-0.3, -0.25) is 0 Å². The predicted molar refractivity (Wildman–Crippen MR) is 86.9 cm³/mol. The zero-order valence-electron chi connectivity index (χ0n) is 12.2. The van der Waals surface area contributed by atoms with E-state index in [1.54, 1.807) is 11.8 Å². The van der Waals surface area contributed by atoms with Crippen molar-refractivity contribution in [2.45, 2.75) is 37.5 Å². The van der Waals surface area contributed by atoms with Gasteiger partial charge in [-0.1, -0.05) is 75.9 Å². The highest BCUT2D eigenvalue weighted by Gasteiger charge is 1.93. The Hall–Kier alpha value is -1.29. The van der Waals surface area contributed by atoms with E-state index in [0.29, 0.717) is 0 Å². The maximum atomic E-state index is 2.12. The van der Waals surface area contributed by atoms with Gasteiger partial charge >= 0.3 is 0 Å². The highest BCUT2D eigenvalue weighted by molar-refractivity contribution is 7.99. The molecule has 0 aliphatic rings. The zero-order chi connectivity index (χ0) is 12.9. The minimum absolute atomic E-state index is 0. The third kappa shape index (κ3) is 10.3. The molecule has 0 atom stereocenters. The van der Waals surface area contributed by atoms with E-state index in [-0.39, 0.29) is 11.0 Å². The molecule has 0 amide bonds. The number of benzene rings is 2. The maximum Gasteiger partial charge on any atom is 0.0122 e. The molecule has 2 aromatic carbocycles. The predicted octanol–water partition coefficient (Wildman–Crippen LogP) is 4.24. The summed E-state index contributed by atoms with van der Waals surface area (Å²) in [6.07, 6.45) is 0. The van der Waals surface area contributed by atoms with Crippen LogP contribution in [0.1, 0.15) is 27.7 Å². The van der Waals surface area contributed by atoms with E-state index < -0.39 is 0 Å². The highest BCUT2D eigenvalue weighted by Crippen LogP contribution is 2.26. The van der Waals surface area contributed by atoms with Crippen molar-refractivity contribution in [2.24, 2.45) is 0 Å². The van der Waals surface area contributed by atoms with Crippen LogP contribution in [0.4, 0.5) is 0 Å². The summed E-state index contributed by atoms with van der Waals surface area (Å²) in [5, 5.41) is 0. The molecule has 0 radical (unpaired) electrons. The fraction of sp³-hybridized carbons (Fsp3) is 0.250. The van der Waals surface area contributed by atoms with Crippen LogP contribution in [-0.2, 0) is 0 Å². The van der Waals surface area contributed by atoms with Gasteiger partial charge in [0.05, 0.1) is 0 Å². The summed E-state index contributed by atoms with van der Waals surface area (Å²) in [7, 11) is 0. The summed E-state index contributed by atoms with van der Waals surface area (Å²) >= 11 is 1.79. The van der Waals surface area contributed by atoms with Crippen LogP contribution in [0.5, 0.6) is 0 Å². The molecule has 0 aliphatic carbocycles. The molecule has 4 N–H and O–H groups in total. The molecule has 3 heteroatoms. The van der Waals surface area contributed by atoms with Gasteiger partial charge in [0.2, 0.25) is 0 Å². The van der Waals surface area contributed by atoms with Crippen LogP contribution >= 0.6 is 11.8 Å². The summed E-state index contributed by atoms with van der Waals surface area (Å²) in [5.41, 5.74) is 0. The third-order valence-corrected chi connectivity index (χ3v) is 2.74. The first-order valence-electron chi connectivity index (χ1n) is 6.23. The van der Waals surface area contributed by atoms with E-state index in [1.807, 2.05) is 39.8 Å². The van der Waals surface area contributed by atoms with Crippen LogP contribution < -0.4 is 0 Å². The normalized spacial score (nSPS) is 7.37. The van der Waals surface area contributed by atoms with E-state index in [1.165, 1.54) is 9.79 Å². The summed E-state index contributed by atoms with van der Waals surface area (Å²) in [6.45, 7) is 8.00. The minimum atomic E-state index is 0. The van der Waals surface area contributed by atoms with Crippen LogP contribution in [0.25, 0.3) is 0 Å². The Morgan fingerprint density at radius 2 is 0.789 bits per heavy atom. The monoisotopic (exact) mass is 282 g/mol. The lowest BCUT2D eigenvalue weighted by atomic mass is 10.4. The second-order valence-corrected chi connectivity index (χ2v) is 3.88. The summed E-state index contributed by atoms with van der Waals surface area (Å²) in [4.78, 5) is 2.57. The Morgan fingerprint density at radius 1 is 0.526 bits per heavy atom. The molecule has 0 saturated heterocycles. The lowest BCUT2D eigenvalue weighted by Gasteiger charge is -1.99. The molecule has 19 heavy (non-hydrogen) atoms. The van der Waals surface area contributed by atoms with Crippen LogP contribution in [0.15, 0.2) is 70.5 Å². The third-order valence-electron chi connectivity index (χ3n) is 1.72. The Kier molecular flexibility index (Phi) is 20.1. The molecule has 0 aromatic heterocycles. The lowest BCUT2D eigenvalue weighted by molar-refractivity contribution is 0.823. The Balaban J connectivity index is -0.000000392. The van der Waals surface area contributed by atoms with Crippen LogP contribution in [-0.4, -0.2) is 11.0 Å². The minimum Gasteiger partial charge on any atom is -0.412 e. The van der Waals surface area contributed by atoms with Gasteiger partial charge in [-0.2, -0.15) is 0 Å². The van der Waals surface area contributed by atoms with E-state index >= 15 is 0 Å². The molecule has 2 rings (SSSR count). The van der Waals surface area contributed by atoms with Crippen molar-refractivity contribution in [3.8, 4) is 0 Å². The standard InChI is InChI=1S/C12H10S.2C2H6.2H2O/c1-3-7-11(8-4-1)13-12-9-5-2-6-10-12;2*1-2;;/h1-10H;2*1-2H3;2*1H2. The van der Waals surface area contributed by atoms with Crippen molar-refractivity contribution in [1.82, 2.24) is 0 Å². The van der Waals surface area contributed by atoms with Crippen molar-refractivity contribution >= 4 is 11.8 Å². The molecule has 0 spiro atoms.